The van der Waals surface area contributed by atoms with Gasteiger partial charge in [0.15, 0.2) is 0 Å². The molecule has 0 aromatic heterocycles. The first-order valence-corrected chi connectivity index (χ1v) is 5.93. The van der Waals surface area contributed by atoms with Crippen LogP contribution in [0.5, 0.6) is 0 Å². The van der Waals surface area contributed by atoms with Crippen molar-refractivity contribution < 1.29 is 4.74 Å². The maximum atomic E-state index is 5.75. The highest BCUT2D eigenvalue weighted by atomic mass is 16.5. The van der Waals surface area contributed by atoms with Crippen molar-refractivity contribution in [3.63, 3.8) is 0 Å². The standard InChI is InChI=1S/C12H21O/c1-2-4-7-11(8-5-3-1)12-9-6-10-13-12/h12H,1-10H2. The molecule has 0 bridgehead atoms. The van der Waals surface area contributed by atoms with Gasteiger partial charge in [-0.15, -0.1) is 0 Å². The Bertz CT molecular complexity index is 130. The molecule has 0 N–H and O–H groups in total. The maximum Gasteiger partial charge on any atom is 0.0638 e. The average molecular weight is 181 g/mol. The summed E-state index contributed by atoms with van der Waals surface area (Å²) in [4.78, 5) is 0. The molecule has 1 heterocycles. The minimum atomic E-state index is 0.554. The van der Waals surface area contributed by atoms with E-state index in [1.807, 2.05) is 0 Å². The molecular formula is C12H21O. The predicted octanol–water partition coefficient (Wildman–Crippen LogP) is 3.48. The van der Waals surface area contributed by atoms with Gasteiger partial charge in [-0.2, -0.15) is 0 Å². The first-order valence-electron chi connectivity index (χ1n) is 5.93. The third kappa shape index (κ3) is 2.70. The Kier molecular flexibility index (Phi) is 3.65. The van der Waals surface area contributed by atoms with Crippen molar-refractivity contribution in [1.29, 1.82) is 0 Å². The minimum Gasteiger partial charge on any atom is -0.378 e. The molecule has 1 aliphatic carbocycles. The zero-order valence-corrected chi connectivity index (χ0v) is 8.56. The lowest BCUT2D eigenvalue weighted by Crippen LogP contribution is -2.18. The van der Waals surface area contributed by atoms with Crippen LogP contribution in [0.15, 0.2) is 0 Å². The van der Waals surface area contributed by atoms with Gasteiger partial charge in [0.2, 0.25) is 0 Å². The zero-order chi connectivity index (χ0) is 8.93. The fourth-order valence-electron chi connectivity index (χ4n) is 2.58. The van der Waals surface area contributed by atoms with Gasteiger partial charge in [0.1, 0.15) is 0 Å². The van der Waals surface area contributed by atoms with Crippen molar-refractivity contribution in [3.05, 3.63) is 5.92 Å². The summed E-state index contributed by atoms with van der Waals surface area (Å²) in [5.74, 6) is 1.73. The Morgan fingerprint density at radius 2 is 1.54 bits per heavy atom. The monoisotopic (exact) mass is 181 g/mol. The van der Waals surface area contributed by atoms with Gasteiger partial charge in [-0.25, -0.2) is 0 Å². The first-order chi connectivity index (χ1) is 6.47. The topological polar surface area (TPSA) is 9.23 Å². The summed E-state index contributed by atoms with van der Waals surface area (Å²) in [5.41, 5.74) is 0. The predicted molar refractivity (Wildman–Crippen MR) is 54.5 cm³/mol. The smallest absolute Gasteiger partial charge is 0.0638 e. The van der Waals surface area contributed by atoms with E-state index in [9.17, 15) is 0 Å². The van der Waals surface area contributed by atoms with Gasteiger partial charge in [-0.05, 0) is 25.7 Å². The lowest BCUT2D eigenvalue weighted by atomic mass is 9.86. The molecular weight excluding hydrogens is 160 g/mol. The van der Waals surface area contributed by atoms with Gasteiger partial charge in [-0.1, -0.05) is 32.1 Å². The molecule has 1 radical (unpaired) electrons. The highest BCUT2D eigenvalue weighted by Crippen LogP contribution is 2.32. The Morgan fingerprint density at radius 1 is 0.846 bits per heavy atom. The molecule has 0 aromatic rings. The molecule has 13 heavy (non-hydrogen) atoms. The van der Waals surface area contributed by atoms with Crippen LogP contribution in [0.3, 0.4) is 0 Å². The van der Waals surface area contributed by atoms with Crippen molar-refractivity contribution >= 4 is 0 Å². The van der Waals surface area contributed by atoms with E-state index in [-0.39, 0.29) is 0 Å². The molecule has 0 amide bonds. The zero-order valence-electron chi connectivity index (χ0n) is 8.56. The molecule has 1 saturated heterocycles. The average Bonchev–Trinajstić information content (AvgIpc) is 2.55. The minimum absolute atomic E-state index is 0.554. The Labute approximate surface area is 81.9 Å². The second-order valence-corrected chi connectivity index (χ2v) is 4.43. The summed E-state index contributed by atoms with van der Waals surface area (Å²) < 4.78 is 5.75. The summed E-state index contributed by atoms with van der Waals surface area (Å²) in [6.45, 7) is 1.01. The second kappa shape index (κ2) is 4.99. The van der Waals surface area contributed by atoms with Crippen LogP contribution in [-0.2, 0) is 4.74 Å². The van der Waals surface area contributed by atoms with Crippen molar-refractivity contribution in [3.8, 4) is 0 Å². The van der Waals surface area contributed by atoms with Crippen molar-refractivity contribution in [2.45, 2.75) is 63.9 Å². The number of hydrogen-bond donors (Lipinski definition) is 0. The third-order valence-corrected chi connectivity index (χ3v) is 3.38. The van der Waals surface area contributed by atoms with E-state index in [2.05, 4.69) is 0 Å². The highest BCUT2D eigenvalue weighted by Gasteiger charge is 2.26. The number of ether oxygens (including phenoxy) is 1. The molecule has 1 nitrogen and oxygen atoms in total. The Morgan fingerprint density at radius 3 is 2.15 bits per heavy atom. The van der Waals surface area contributed by atoms with Crippen LogP contribution in [0.4, 0.5) is 0 Å². The van der Waals surface area contributed by atoms with Crippen molar-refractivity contribution in [2.75, 3.05) is 6.61 Å². The quantitative estimate of drug-likeness (QED) is 0.601. The summed E-state index contributed by atoms with van der Waals surface area (Å²) in [6.07, 6.45) is 13.0. The first kappa shape index (κ1) is 9.51. The highest BCUT2D eigenvalue weighted by molar-refractivity contribution is 4.99. The molecule has 0 spiro atoms. The van der Waals surface area contributed by atoms with Gasteiger partial charge in [-0.3, -0.25) is 0 Å². The van der Waals surface area contributed by atoms with Gasteiger partial charge in [0.05, 0.1) is 6.10 Å². The summed E-state index contributed by atoms with van der Waals surface area (Å²) >= 11 is 0. The molecule has 1 saturated carbocycles. The molecule has 2 fully saturated rings. The lowest BCUT2D eigenvalue weighted by molar-refractivity contribution is 0.111. The maximum absolute atomic E-state index is 5.75. The second-order valence-electron chi connectivity index (χ2n) is 4.43. The fraction of sp³-hybridized carbons (Fsp3) is 0.917. The van der Waals surface area contributed by atoms with Crippen LogP contribution in [0.2, 0.25) is 0 Å². The normalized spacial score (nSPS) is 32.8. The molecule has 2 rings (SSSR count). The van der Waals surface area contributed by atoms with E-state index in [1.54, 1.807) is 5.92 Å². The summed E-state index contributed by atoms with van der Waals surface area (Å²) in [5, 5.41) is 0. The van der Waals surface area contributed by atoms with Crippen molar-refractivity contribution in [2.24, 2.45) is 0 Å². The van der Waals surface area contributed by atoms with E-state index in [0.717, 1.165) is 6.61 Å². The van der Waals surface area contributed by atoms with E-state index >= 15 is 0 Å². The number of rotatable bonds is 1. The molecule has 1 unspecified atom stereocenters. The number of hydrogen-bond acceptors (Lipinski definition) is 1. The van der Waals surface area contributed by atoms with E-state index in [4.69, 9.17) is 4.74 Å². The van der Waals surface area contributed by atoms with Gasteiger partial charge < -0.3 is 4.74 Å². The largest absolute Gasteiger partial charge is 0.378 e. The molecule has 75 valence electrons. The van der Waals surface area contributed by atoms with E-state index < -0.39 is 0 Å². The van der Waals surface area contributed by atoms with Crippen LogP contribution in [-0.4, -0.2) is 12.7 Å². The molecule has 1 heteroatoms. The van der Waals surface area contributed by atoms with Crippen LogP contribution >= 0.6 is 0 Å². The molecule has 1 atom stereocenters. The van der Waals surface area contributed by atoms with Gasteiger partial charge >= 0.3 is 0 Å². The van der Waals surface area contributed by atoms with E-state index in [1.165, 1.54) is 57.8 Å². The fourth-order valence-corrected chi connectivity index (χ4v) is 2.58. The molecule has 2 aliphatic rings. The summed E-state index contributed by atoms with van der Waals surface area (Å²) in [7, 11) is 0. The van der Waals surface area contributed by atoms with Gasteiger partial charge in [0, 0.05) is 12.5 Å². The van der Waals surface area contributed by atoms with Crippen LogP contribution < -0.4 is 0 Å². The lowest BCUT2D eigenvalue weighted by Gasteiger charge is -2.24. The van der Waals surface area contributed by atoms with Crippen LogP contribution in [0.1, 0.15) is 57.8 Å². The Hall–Kier alpha value is -0.0400. The molecule has 1 aliphatic heterocycles. The van der Waals surface area contributed by atoms with Gasteiger partial charge in [0.25, 0.3) is 0 Å². The van der Waals surface area contributed by atoms with Crippen LogP contribution in [0.25, 0.3) is 0 Å². The summed E-state index contributed by atoms with van der Waals surface area (Å²) in [6, 6.07) is 0. The molecule has 0 aromatic carbocycles. The SMILES string of the molecule is C1CCC[C](C2CCCO2)CCC1. The van der Waals surface area contributed by atoms with Crippen LogP contribution in [0, 0.1) is 5.92 Å². The van der Waals surface area contributed by atoms with Crippen molar-refractivity contribution in [1.82, 2.24) is 0 Å². The Balaban J connectivity index is 1.80. The third-order valence-electron chi connectivity index (χ3n) is 3.38. The van der Waals surface area contributed by atoms with E-state index in [0.29, 0.717) is 6.10 Å².